The predicted octanol–water partition coefficient (Wildman–Crippen LogP) is 9.01. The molecule has 1 heterocycles. The number of hydrogen-bond acceptors (Lipinski definition) is 0. The van der Waals surface area contributed by atoms with Crippen LogP contribution in [0.15, 0.2) is 102 Å². The summed E-state index contributed by atoms with van der Waals surface area (Å²) in [6.45, 7) is 4.69. The Hall–Kier alpha value is -3.36. The van der Waals surface area contributed by atoms with Crippen LogP contribution < -0.4 is 0 Å². The average molecular weight is 488 g/mol. The fourth-order valence-corrected chi connectivity index (χ4v) is 6.29. The number of rotatable bonds is 1. The van der Waals surface area contributed by atoms with Gasteiger partial charge in [-0.2, -0.15) is 0 Å². The van der Waals surface area contributed by atoms with Gasteiger partial charge in [0.25, 0.3) is 0 Å². The third-order valence-electron chi connectivity index (χ3n) is 7.46. The third-order valence-corrected chi connectivity index (χ3v) is 7.95. The molecule has 7 rings (SSSR count). The molecule has 0 radical (unpaired) electrons. The number of fused-ring (bicyclic) bond motifs is 8. The topological polar surface area (TPSA) is 4.93 Å². The lowest BCUT2D eigenvalue weighted by molar-refractivity contribution is 0.661. The van der Waals surface area contributed by atoms with Crippen molar-refractivity contribution < 1.29 is 0 Å². The molecule has 33 heavy (non-hydrogen) atoms. The molecule has 1 nitrogen and oxygen atoms in total. The largest absolute Gasteiger partial charge is 0.309 e. The molecule has 5 aromatic carbocycles. The lowest BCUT2D eigenvalue weighted by Crippen LogP contribution is -2.14. The fraction of sp³-hybridized carbons (Fsp3) is 0.0968. The van der Waals surface area contributed by atoms with Crippen molar-refractivity contribution in [1.29, 1.82) is 0 Å². The molecule has 0 atom stereocenters. The molecule has 0 saturated carbocycles. The molecule has 1 aromatic heterocycles. The minimum absolute atomic E-state index is 0.00777. The fourth-order valence-electron chi connectivity index (χ4n) is 5.94. The van der Waals surface area contributed by atoms with E-state index < -0.39 is 0 Å². The number of halogens is 1. The van der Waals surface area contributed by atoms with Gasteiger partial charge in [-0.05, 0) is 51.9 Å². The van der Waals surface area contributed by atoms with E-state index in [4.69, 9.17) is 0 Å². The first-order valence-corrected chi connectivity index (χ1v) is 12.2. The van der Waals surface area contributed by atoms with Gasteiger partial charge in [-0.25, -0.2) is 0 Å². The molecular weight excluding hydrogens is 466 g/mol. The van der Waals surface area contributed by atoms with E-state index in [1.807, 2.05) is 0 Å². The lowest BCUT2D eigenvalue weighted by atomic mass is 9.82. The molecule has 1 aliphatic carbocycles. The normalized spacial score (nSPS) is 14.2. The highest BCUT2D eigenvalue weighted by Gasteiger charge is 2.36. The van der Waals surface area contributed by atoms with Crippen LogP contribution in [0.1, 0.15) is 25.0 Å². The summed E-state index contributed by atoms with van der Waals surface area (Å²) in [5, 5.41) is 5.17. The number of hydrogen-bond donors (Lipinski definition) is 0. The van der Waals surface area contributed by atoms with Crippen molar-refractivity contribution in [3.63, 3.8) is 0 Å². The van der Waals surface area contributed by atoms with E-state index in [2.05, 4.69) is 131 Å². The number of aromatic nitrogens is 1. The Labute approximate surface area is 201 Å². The van der Waals surface area contributed by atoms with E-state index in [0.717, 1.165) is 4.47 Å². The highest BCUT2D eigenvalue weighted by Crippen LogP contribution is 2.51. The maximum absolute atomic E-state index is 3.70. The molecule has 2 heteroatoms. The monoisotopic (exact) mass is 487 g/mol. The van der Waals surface area contributed by atoms with Gasteiger partial charge < -0.3 is 4.57 Å². The van der Waals surface area contributed by atoms with Gasteiger partial charge in [0, 0.05) is 26.0 Å². The average Bonchev–Trinajstić information content (AvgIpc) is 3.28. The van der Waals surface area contributed by atoms with Gasteiger partial charge in [-0.1, -0.05) is 103 Å². The van der Waals surface area contributed by atoms with Crippen LogP contribution in [0.5, 0.6) is 0 Å². The summed E-state index contributed by atoms with van der Waals surface area (Å²) in [6, 6.07) is 35.6. The minimum atomic E-state index is 0.00777. The highest BCUT2D eigenvalue weighted by molar-refractivity contribution is 9.10. The second-order valence-electron chi connectivity index (χ2n) is 9.54. The lowest BCUT2D eigenvalue weighted by Gasteiger charge is -2.22. The van der Waals surface area contributed by atoms with Crippen LogP contribution in [0.4, 0.5) is 0 Å². The number of nitrogens with zero attached hydrogens (tertiary/aromatic N) is 1. The zero-order chi connectivity index (χ0) is 22.3. The molecule has 0 bridgehead atoms. The molecule has 0 saturated heterocycles. The van der Waals surface area contributed by atoms with Crippen molar-refractivity contribution in [3.05, 3.63) is 113 Å². The smallest absolute Gasteiger partial charge is 0.0552 e. The Morgan fingerprint density at radius 3 is 2.24 bits per heavy atom. The summed E-state index contributed by atoms with van der Waals surface area (Å²) in [4.78, 5) is 0. The second kappa shape index (κ2) is 6.59. The van der Waals surface area contributed by atoms with Gasteiger partial charge in [0.2, 0.25) is 0 Å². The summed E-state index contributed by atoms with van der Waals surface area (Å²) in [7, 11) is 0. The minimum Gasteiger partial charge on any atom is -0.309 e. The van der Waals surface area contributed by atoms with Crippen LogP contribution >= 0.6 is 15.9 Å². The zero-order valence-electron chi connectivity index (χ0n) is 18.6. The van der Waals surface area contributed by atoms with Crippen LogP contribution in [0.25, 0.3) is 49.4 Å². The summed E-state index contributed by atoms with van der Waals surface area (Å²) >= 11 is 3.70. The Balaban J connectivity index is 1.63. The van der Waals surface area contributed by atoms with Gasteiger partial charge >= 0.3 is 0 Å². The Kier molecular flexibility index (Phi) is 3.82. The first-order valence-electron chi connectivity index (χ1n) is 11.4. The van der Waals surface area contributed by atoms with Crippen LogP contribution in [0, 0.1) is 0 Å². The molecule has 0 N–H and O–H groups in total. The molecule has 0 fully saturated rings. The summed E-state index contributed by atoms with van der Waals surface area (Å²) in [6.07, 6.45) is 0. The van der Waals surface area contributed by atoms with Crippen molar-refractivity contribution in [2.45, 2.75) is 19.3 Å². The van der Waals surface area contributed by atoms with Crippen LogP contribution in [0.2, 0.25) is 0 Å². The van der Waals surface area contributed by atoms with Crippen molar-refractivity contribution in [2.75, 3.05) is 0 Å². The molecule has 0 spiro atoms. The molecule has 6 aromatic rings. The molecular formula is C31H22BrN. The predicted molar refractivity (Wildman–Crippen MR) is 144 cm³/mol. The van der Waals surface area contributed by atoms with E-state index in [9.17, 15) is 0 Å². The first-order chi connectivity index (χ1) is 16.1. The summed E-state index contributed by atoms with van der Waals surface area (Å²) in [5.41, 5.74) is 9.27. The standard InChI is InChI=1S/C31H22BrN/c1-31(2)25-11-5-3-9-24(25)30-23-10-7-13-28(22(23)16-17-26(30)31)33-27-12-6-4-8-20(27)21-15-14-19(32)18-29(21)33/h3-18H,1-2H3. The summed E-state index contributed by atoms with van der Waals surface area (Å²) in [5.74, 6) is 0. The molecule has 0 amide bonds. The second-order valence-corrected chi connectivity index (χ2v) is 10.5. The quantitative estimate of drug-likeness (QED) is 0.218. The van der Waals surface area contributed by atoms with Crippen LogP contribution in [0.3, 0.4) is 0 Å². The maximum Gasteiger partial charge on any atom is 0.0552 e. The van der Waals surface area contributed by atoms with E-state index >= 15 is 0 Å². The highest BCUT2D eigenvalue weighted by atomic mass is 79.9. The molecule has 158 valence electrons. The van der Waals surface area contributed by atoms with Crippen molar-refractivity contribution in [3.8, 4) is 16.8 Å². The third kappa shape index (κ3) is 2.47. The van der Waals surface area contributed by atoms with E-state index in [0.29, 0.717) is 0 Å². The van der Waals surface area contributed by atoms with Crippen molar-refractivity contribution >= 4 is 48.5 Å². The van der Waals surface area contributed by atoms with Gasteiger partial charge in [-0.15, -0.1) is 0 Å². The molecule has 0 aliphatic heterocycles. The molecule has 1 aliphatic rings. The van der Waals surface area contributed by atoms with Crippen LogP contribution in [-0.4, -0.2) is 4.57 Å². The Bertz CT molecular complexity index is 1750. The summed E-state index contributed by atoms with van der Waals surface area (Å²) < 4.78 is 3.52. The van der Waals surface area contributed by atoms with Gasteiger partial charge in [0.05, 0.1) is 16.7 Å². The molecule has 0 unspecified atom stereocenters. The maximum atomic E-state index is 3.70. The van der Waals surface area contributed by atoms with Gasteiger partial charge in [0.15, 0.2) is 0 Å². The number of benzene rings is 5. The zero-order valence-corrected chi connectivity index (χ0v) is 20.1. The van der Waals surface area contributed by atoms with E-state index in [-0.39, 0.29) is 5.41 Å². The SMILES string of the molecule is CC1(C)c2ccccc2-c2c1ccc1c(-n3c4ccccc4c4ccc(Br)cc43)cccc21. The number of para-hydroxylation sites is 1. The van der Waals surface area contributed by atoms with E-state index in [1.165, 1.54) is 60.5 Å². The van der Waals surface area contributed by atoms with Crippen LogP contribution in [-0.2, 0) is 5.41 Å². The van der Waals surface area contributed by atoms with Gasteiger partial charge in [-0.3, -0.25) is 0 Å². The van der Waals surface area contributed by atoms with Crippen molar-refractivity contribution in [1.82, 2.24) is 4.57 Å². The Morgan fingerprint density at radius 2 is 1.33 bits per heavy atom. The van der Waals surface area contributed by atoms with Crippen molar-refractivity contribution in [2.24, 2.45) is 0 Å². The first kappa shape index (κ1) is 19.1. The van der Waals surface area contributed by atoms with E-state index in [1.54, 1.807) is 0 Å². The Morgan fingerprint density at radius 1 is 0.606 bits per heavy atom. The van der Waals surface area contributed by atoms with Gasteiger partial charge in [0.1, 0.15) is 0 Å².